The van der Waals surface area contributed by atoms with Gasteiger partial charge in [0.2, 0.25) is 0 Å². The minimum atomic E-state index is -0.0273. The highest BCUT2D eigenvalue weighted by Crippen LogP contribution is 2.21. The van der Waals surface area contributed by atoms with Gasteiger partial charge in [-0.25, -0.2) is 0 Å². The Kier molecular flexibility index (Phi) is 5.41. The van der Waals surface area contributed by atoms with Gasteiger partial charge < -0.3 is 15.4 Å². The van der Waals surface area contributed by atoms with Crippen LogP contribution in [0.2, 0.25) is 0 Å². The first-order chi connectivity index (χ1) is 9.69. The number of hydrogen-bond donors (Lipinski definition) is 2. The summed E-state index contributed by atoms with van der Waals surface area (Å²) >= 11 is 0. The van der Waals surface area contributed by atoms with Crippen molar-refractivity contribution >= 4 is 5.91 Å². The van der Waals surface area contributed by atoms with E-state index in [0.29, 0.717) is 6.04 Å². The third-order valence-corrected chi connectivity index (χ3v) is 3.26. The van der Waals surface area contributed by atoms with Gasteiger partial charge in [0.1, 0.15) is 5.75 Å². The van der Waals surface area contributed by atoms with Gasteiger partial charge >= 0.3 is 0 Å². The molecule has 1 amide bonds. The second-order valence-electron chi connectivity index (χ2n) is 5.42. The minimum absolute atomic E-state index is 0.0273. The summed E-state index contributed by atoms with van der Waals surface area (Å²) < 4.78 is 5.66. The molecule has 1 aliphatic rings. The molecule has 0 bridgehead atoms. The summed E-state index contributed by atoms with van der Waals surface area (Å²) in [5, 5.41) is 6.30. The van der Waals surface area contributed by atoms with Crippen molar-refractivity contribution in [2.45, 2.75) is 45.7 Å². The summed E-state index contributed by atoms with van der Waals surface area (Å²) in [5.74, 6) is 0.769. The van der Waals surface area contributed by atoms with Crippen LogP contribution in [0.5, 0.6) is 5.75 Å². The quantitative estimate of drug-likeness (QED) is 0.715. The van der Waals surface area contributed by atoms with Crippen LogP contribution >= 0.6 is 0 Å². The molecule has 0 spiro atoms. The fraction of sp³-hybridized carbons (Fsp3) is 0.562. The first-order valence-electron chi connectivity index (χ1n) is 7.41. The second-order valence-corrected chi connectivity index (χ2v) is 5.42. The molecule has 1 aromatic rings. The van der Waals surface area contributed by atoms with E-state index in [1.54, 1.807) is 0 Å². The molecule has 0 aromatic heterocycles. The van der Waals surface area contributed by atoms with Crippen LogP contribution in [0.1, 0.15) is 37.3 Å². The Bertz CT molecular complexity index is 456. The maximum Gasteiger partial charge on any atom is 0.258 e. The van der Waals surface area contributed by atoms with E-state index >= 15 is 0 Å². The molecule has 4 nitrogen and oxygen atoms in total. The number of ether oxygens (including phenoxy) is 1. The lowest BCUT2D eigenvalue weighted by Gasteiger charge is -2.13. The van der Waals surface area contributed by atoms with Crippen molar-refractivity contribution in [1.29, 1.82) is 0 Å². The van der Waals surface area contributed by atoms with Crippen LogP contribution < -0.4 is 15.4 Å². The van der Waals surface area contributed by atoms with Gasteiger partial charge in [0.15, 0.2) is 6.61 Å². The monoisotopic (exact) mass is 276 g/mol. The molecule has 0 atom stereocenters. The fourth-order valence-corrected chi connectivity index (χ4v) is 2.03. The lowest BCUT2D eigenvalue weighted by molar-refractivity contribution is -0.123. The van der Waals surface area contributed by atoms with E-state index in [2.05, 4.69) is 30.5 Å². The Balaban J connectivity index is 1.89. The molecule has 4 heteroatoms. The molecule has 2 N–H and O–H groups in total. The molecule has 0 radical (unpaired) electrons. The zero-order valence-electron chi connectivity index (χ0n) is 12.4. The van der Waals surface area contributed by atoms with Crippen molar-refractivity contribution in [3.63, 3.8) is 0 Å². The number of amides is 1. The van der Waals surface area contributed by atoms with E-state index in [0.717, 1.165) is 43.7 Å². The number of rotatable bonds is 8. The SMILES string of the molecule is CCCNCc1cc(C)ccc1OCC(=O)NC1CC1. The van der Waals surface area contributed by atoms with E-state index in [1.807, 2.05) is 12.1 Å². The zero-order chi connectivity index (χ0) is 14.4. The molecule has 0 aliphatic heterocycles. The Labute approximate surface area is 120 Å². The molecule has 1 aromatic carbocycles. The molecule has 20 heavy (non-hydrogen) atoms. The largest absolute Gasteiger partial charge is 0.483 e. The lowest BCUT2D eigenvalue weighted by atomic mass is 10.1. The Morgan fingerprint density at radius 2 is 2.20 bits per heavy atom. The van der Waals surface area contributed by atoms with Crippen LogP contribution in [-0.4, -0.2) is 25.1 Å². The molecular formula is C16H24N2O2. The van der Waals surface area contributed by atoms with E-state index in [1.165, 1.54) is 5.56 Å². The van der Waals surface area contributed by atoms with Crippen LogP contribution in [0, 0.1) is 6.92 Å². The molecule has 0 unspecified atom stereocenters. The predicted molar refractivity (Wildman–Crippen MR) is 79.8 cm³/mol. The number of nitrogens with one attached hydrogen (secondary N) is 2. The summed E-state index contributed by atoms with van der Waals surface area (Å²) in [5.41, 5.74) is 2.31. The Morgan fingerprint density at radius 1 is 1.40 bits per heavy atom. The van der Waals surface area contributed by atoms with Crippen molar-refractivity contribution in [3.8, 4) is 5.75 Å². The number of carbonyl (C=O) groups excluding carboxylic acids is 1. The topological polar surface area (TPSA) is 50.4 Å². The van der Waals surface area contributed by atoms with E-state index in [-0.39, 0.29) is 12.5 Å². The van der Waals surface area contributed by atoms with Crippen LogP contribution in [0.3, 0.4) is 0 Å². The predicted octanol–water partition coefficient (Wildman–Crippen LogP) is 2.15. The van der Waals surface area contributed by atoms with Crippen LogP contribution in [0.25, 0.3) is 0 Å². The average molecular weight is 276 g/mol. The number of benzene rings is 1. The van der Waals surface area contributed by atoms with Crippen LogP contribution in [0.15, 0.2) is 18.2 Å². The minimum Gasteiger partial charge on any atom is -0.483 e. The van der Waals surface area contributed by atoms with Crippen molar-refractivity contribution in [2.75, 3.05) is 13.2 Å². The van der Waals surface area contributed by atoms with Gasteiger partial charge in [-0.05, 0) is 38.8 Å². The molecule has 110 valence electrons. The van der Waals surface area contributed by atoms with Crippen molar-refractivity contribution in [3.05, 3.63) is 29.3 Å². The van der Waals surface area contributed by atoms with E-state index in [4.69, 9.17) is 4.74 Å². The number of carbonyl (C=O) groups is 1. The van der Waals surface area contributed by atoms with Gasteiger partial charge in [-0.3, -0.25) is 4.79 Å². The van der Waals surface area contributed by atoms with E-state index < -0.39 is 0 Å². The molecule has 0 saturated heterocycles. The Morgan fingerprint density at radius 3 is 2.90 bits per heavy atom. The first kappa shape index (κ1) is 14.9. The van der Waals surface area contributed by atoms with Crippen LogP contribution in [0.4, 0.5) is 0 Å². The van der Waals surface area contributed by atoms with Gasteiger partial charge in [-0.2, -0.15) is 0 Å². The van der Waals surface area contributed by atoms with Gasteiger partial charge in [-0.15, -0.1) is 0 Å². The van der Waals surface area contributed by atoms with Crippen LogP contribution in [-0.2, 0) is 11.3 Å². The molecule has 1 saturated carbocycles. The second kappa shape index (κ2) is 7.29. The van der Waals surface area contributed by atoms with Crippen molar-refractivity contribution in [1.82, 2.24) is 10.6 Å². The number of hydrogen-bond acceptors (Lipinski definition) is 3. The van der Waals surface area contributed by atoms with Gasteiger partial charge in [0.25, 0.3) is 5.91 Å². The molecule has 1 aliphatic carbocycles. The van der Waals surface area contributed by atoms with Crippen molar-refractivity contribution < 1.29 is 9.53 Å². The Hall–Kier alpha value is -1.55. The lowest BCUT2D eigenvalue weighted by Crippen LogP contribution is -2.30. The maximum atomic E-state index is 11.7. The van der Waals surface area contributed by atoms with Gasteiger partial charge in [0.05, 0.1) is 0 Å². The summed E-state index contributed by atoms with van der Waals surface area (Å²) in [4.78, 5) is 11.7. The highest BCUT2D eigenvalue weighted by atomic mass is 16.5. The summed E-state index contributed by atoms with van der Waals surface area (Å²) in [6.45, 7) is 6.06. The summed E-state index contributed by atoms with van der Waals surface area (Å²) in [6.07, 6.45) is 3.30. The average Bonchev–Trinajstić information content (AvgIpc) is 3.22. The molecule has 0 heterocycles. The normalized spacial score (nSPS) is 14.1. The zero-order valence-corrected chi connectivity index (χ0v) is 12.4. The standard InChI is InChI=1S/C16H24N2O2/c1-3-8-17-10-13-9-12(2)4-7-15(13)20-11-16(19)18-14-5-6-14/h4,7,9,14,17H,3,5-6,8,10-11H2,1-2H3,(H,18,19). The molecular weight excluding hydrogens is 252 g/mol. The third kappa shape index (κ3) is 4.85. The molecule has 1 fully saturated rings. The maximum absolute atomic E-state index is 11.7. The fourth-order valence-electron chi connectivity index (χ4n) is 2.03. The van der Waals surface area contributed by atoms with Crippen molar-refractivity contribution in [2.24, 2.45) is 0 Å². The number of aryl methyl sites for hydroxylation is 1. The highest BCUT2D eigenvalue weighted by molar-refractivity contribution is 5.78. The molecule has 2 rings (SSSR count). The van der Waals surface area contributed by atoms with Gasteiger partial charge in [0, 0.05) is 18.2 Å². The third-order valence-electron chi connectivity index (χ3n) is 3.26. The summed E-state index contributed by atoms with van der Waals surface area (Å²) in [6, 6.07) is 6.45. The van der Waals surface area contributed by atoms with Gasteiger partial charge in [-0.1, -0.05) is 24.6 Å². The first-order valence-corrected chi connectivity index (χ1v) is 7.41. The van der Waals surface area contributed by atoms with E-state index in [9.17, 15) is 4.79 Å². The highest BCUT2D eigenvalue weighted by Gasteiger charge is 2.23. The summed E-state index contributed by atoms with van der Waals surface area (Å²) in [7, 11) is 0. The smallest absolute Gasteiger partial charge is 0.258 e.